The van der Waals surface area contributed by atoms with Crippen molar-refractivity contribution < 1.29 is 8.42 Å². The van der Waals surface area contributed by atoms with Gasteiger partial charge in [-0.15, -0.1) is 0 Å². The van der Waals surface area contributed by atoms with Crippen LogP contribution in [0, 0.1) is 25.7 Å². The number of sulfonamides is 1. The summed E-state index contributed by atoms with van der Waals surface area (Å²) in [6.07, 6.45) is 8.89. The summed E-state index contributed by atoms with van der Waals surface area (Å²) in [7, 11) is -3.49. The average Bonchev–Trinajstić information content (AvgIpc) is 2.58. The van der Waals surface area contributed by atoms with Gasteiger partial charge in [0.2, 0.25) is 10.0 Å². The van der Waals surface area contributed by atoms with E-state index in [1.807, 2.05) is 6.92 Å². The molecule has 2 aliphatic rings. The fourth-order valence-corrected chi connectivity index (χ4v) is 5.98. The number of hydrogen-bond acceptors (Lipinski definition) is 2. The second-order valence-electron chi connectivity index (χ2n) is 6.89. The third-order valence-electron chi connectivity index (χ3n) is 5.19. The largest absolute Gasteiger partial charge is 0.243 e. The molecular formula is C19H23Cl2NO2S. The quantitative estimate of drug-likeness (QED) is 0.666. The summed E-state index contributed by atoms with van der Waals surface area (Å²) in [5.41, 5.74) is 1.48. The van der Waals surface area contributed by atoms with Crippen LogP contribution in [-0.2, 0) is 10.0 Å². The molecule has 1 saturated heterocycles. The molecule has 1 aliphatic carbocycles. The van der Waals surface area contributed by atoms with Gasteiger partial charge in [-0.1, -0.05) is 41.4 Å². The molecule has 3 rings (SSSR count). The molecule has 0 saturated carbocycles. The number of rotatable bonds is 3. The Morgan fingerprint density at radius 2 is 1.76 bits per heavy atom. The third kappa shape index (κ3) is 3.82. The molecule has 1 heterocycles. The van der Waals surface area contributed by atoms with Crippen molar-refractivity contribution in [3.8, 4) is 0 Å². The van der Waals surface area contributed by atoms with Crippen LogP contribution in [0.2, 0.25) is 5.02 Å². The Hall–Kier alpha value is -0.810. The van der Waals surface area contributed by atoms with Crippen molar-refractivity contribution >= 4 is 33.2 Å². The van der Waals surface area contributed by atoms with Gasteiger partial charge in [-0.25, -0.2) is 8.42 Å². The first-order valence-electron chi connectivity index (χ1n) is 8.60. The van der Waals surface area contributed by atoms with Gasteiger partial charge in [0.25, 0.3) is 0 Å². The number of halogens is 2. The van der Waals surface area contributed by atoms with Crippen molar-refractivity contribution in [2.45, 2.75) is 38.0 Å². The summed E-state index contributed by atoms with van der Waals surface area (Å²) >= 11 is 12.5. The van der Waals surface area contributed by atoms with E-state index < -0.39 is 10.0 Å². The molecule has 0 spiro atoms. The molecule has 0 amide bonds. The minimum absolute atomic E-state index is 0.236. The van der Waals surface area contributed by atoms with E-state index in [9.17, 15) is 8.42 Å². The Morgan fingerprint density at radius 3 is 2.40 bits per heavy atom. The molecule has 1 aromatic carbocycles. The number of benzene rings is 1. The highest BCUT2D eigenvalue weighted by Crippen LogP contribution is 2.37. The normalized spacial score (nSPS) is 22.9. The van der Waals surface area contributed by atoms with Crippen molar-refractivity contribution in [3.63, 3.8) is 0 Å². The van der Waals surface area contributed by atoms with E-state index in [1.165, 1.54) is 0 Å². The lowest BCUT2D eigenvalue weighted by molar-refractivity contribution is 0.248. The molecule has 136 valence electrons. The van der Waals surface area contributed by atoms with E-state index in [-0.39, 0.29) is 5.92 Å². The SMILES string of the molecule is Cc1cc(S(=O)(=O)N2CCC(C3C=CCC=C3Cl)CC2)c(C)cc1Cl. The molecule has 0 aromatic heterocycles. The molecular weight excluding hydrogens is 377 g/mol. The summed E-state index contributed by atoms with van der Waals surface area (Å²) in [5, 5.41) is 1.49. The molecule has 6 heteroatoms. The molecule has 0 bridgehead atoms. The Labute approximate surface area is 160 Å². The minimum atomic E-state index is -3.49. The average molecular weight is 400 g/mol. The van der Waals surface area contributed by atoms with E-state index in [4.69, 9.17) is 23.2 Å². The molecule has 1 aliphatic heterocycles. The summed E-state index contributed by atoms with van der Waals surface area (Å²) in [6.45, 7) is 4.68. The lowest BCUT2D eigenvalue weighted by Gasteiger charge is -2.35. The van der Waals surface area contributed by atoms with Crippen LogP contribution in [0.5, 0.6) is 0 Å². The predicted molar refractivity (Wildman–Crippen MR) is 104 cm³/mol. The van der Waals surface area contributed by atoms with Crippen LogP contribution < -0.4 is 0 Å². The van der Waals surface area contributed by atoms with E-state index in [1.54, 1.807) is 23.4 Å². The smallest absolute Gasteiger partial charge is 0.207 e. The zero-order valence-electron chi connectivity index (χ0n) is 14.5. The second-order valence-corrected chi connectivity index (χ2v) is 9.64. The standard InChI is InChI=1S/C19H23Cl2NO2S/c1-13-12-19(14(2)11-18(13)21)25(23,24)22-9-7-15(8-10-22)16-5-3-4-6-17(16)20/h3,5-6,11-12,15-16H,4,7-10H2,1-2H3. The first-order valence-corrected chi connectivity index (χ1v) is 10.8. The van der Waals surface area contributed by atoms with Gasteiger partial charge < -0.3 is 0 Å². The van der Waals surface area contributed by atoms with Crippen molar-refractivity contribution in [3.05, 3.63) is 51.5 Å². The highest BCUT2D eigenvalue weighted by Gasteiger charge is 2.33. The van der Waals surface area contributed by atoms with Gasteiger partial charge in [0, 0.05) is 29.1 Å². The van der Waals surface area contributed by atoms with Gasteiger partial charge in [0.05, 0.1) is 4.90 Å². The van der Waals surface area contributed by atoms with Crippen LogP contribution in [0.1, 0.15) is 30.4 Å². The van der Waals surface area contributed by atoms with Gasteiger partial charge in [0.1, 0.15) is 0 Å². The summed E-state index contributed by atoms with van der Waals surface area (Å²) < 4.78 is 27.7. The van der Waals surface area contributed by atoms with Gasteiger partial charge in [-0.05, 0) is 62.3 Å². The molecule has 1 aromatic rings. The number of piperidine rings is 1. The van der Waals surface area contributed by atoms with Gasteiger partial charge in [-0.3, -0.25) is 0 Å². The summed E-state index contributed by atoms with van der Waals surface area (Å²) in [6, 6.07) is 3.41. The van der Waals surface area contributed by atoms with Crippen LogP contribution >= 0.6 is 23.2 Å². The van der Waals surface area contributed by atoms with E-state index in [2.05, 4.69) is 18.2 Å². The lowest BCUT2D eigenvalue weighted by atomic mass is 9.82. The molecule has 1 fully saturated rings. The Balaban J connectivity index is 1.76. The van der Waals surface area contributed by atoms with Crippen molar-refractivity contribution in [2.24, 2.45) is 11.8 Å². The first-order chi connectivity index (χ1) is 11.8. The van der Waals surface area contributed by atoms with Crippen LogP contribution in [-0.4, -0.2) is 25.8 Å². The molecule has 1 unspecified atom stereocenters. The fourth-order valence-electron chi connectivity index (χ4n) is 3.66. The van der Waals surface area contributed by atoms with E-state index in [0.717, 1.165) is 29.9 Å². The maximum Gasteiger partial charge on any atom is 0.243 e. The van der Waals surface area contributed by atoms with Gasteiger partial charge in [0.15, 0.2) is 0 Å². The first kappa shape index (κ1) is 19.0. The molecule has 0 N–H and O–H groups in total. The monoisotopic (exact) mass is 399 g/mol. The zero-order valence-corrected chi connectivity index (χ0v) is 16.8. The molecule has 1 atom stereocenters. The number of allylic oxidation sites excluding steroid dienone is 4. The maximum absolute atomic E-state index is 13.1. The van der Waals surface area contributed by atoms with Crippen LogP contribution in [0.4, 0.5) is 0 Å². The molecule has 0 radical (unpaired) electrons. The zero-order chi connectivity index (χ0) is 18.2. The van der Waals surface area contributed by atoms with Crippen LogP contribution in [0.25, 0.3) is 0 Å². The summed E-state index contributed by atoms with van der Waals surface area (Å²) in [5.74, 6) is 0.639. The summed E-state index contributed by atoms with van der Waals surface area (Å²) in [4.78, 5) is 0.364. The lowest BCUT2D eigenvalue weighted by Crippen LogP contribution is -2.40. The Morgan fingerprint density at radius 1 is 1.08 bits per heavy atom. The minimum Gasteiger partial charge on any atom is -0.207 e. The topological polar surface area (TPSA) is 37.4 Å². The van der Waals surface area contributed by atoms with E-state index >= 15 is 0 Å². The second kappa shape index (κ2) is 7.43. The van der Waals surface area contributed by atoms with Crippen LogP contribution in [0.15, 0.2) is 40.3 Å². The highest BCUT2D eigenvalue weighted by molar-refractivity contribution is 7.89. The van der Waals surface area contributed by atoms with E-state index in [0.29, 0.717) is 34.5 Å². The number of nitrogens with zero attached hydrogens (tertiary/aromatic N) is 1. The molecule has 25 heavy (non-hydrogen) atoms. The van der Waals surface area contributed by atoms with Crippen molar-refractivity contribution in [1.82, 2.24) is 4.31 Å². The fraction of sp³-hybridized carbons (Fsp3) is 0.474. The predicted octanol–water partition coefficient (Wildman–Crippen LogP) is 5.06. The maximum atomic E-state index is 13.1. The highest BCUT2D eigenvalue weighted by atomic mass is 35.5. The Bertz CT molecular complexity index is 822. The third-order valence-corrected chi connectivity index (χ3v) is 8.05. The number of hydrogen-bond donors (Lipinski definition) is 0. The van der Waals surface area contributed by atoms with Crippen molar-refractivity contribution in [2.75, 3.05) is 13.1 Å². The molecule has 3 nitrogen and oxygen atoms in total. The van der Waals surface area contributed by atoms with Crippen LogP contribution in [0.3, 0.4) is 0 Å². The number of aryl methyl sites for hydroxylation is 2. The van der Waals surface area contributed by atoms with Gasteiger partial charge >= 0.3 is 0 Å². The van der Waals surface area contributed by atoms with Crippen molar-refractivity contribution in [1.29, 1.82) is 0 Å². The Kier molecular flexibility index (Phi) is 5.64. The van der Waals surface area contributed by atoms with Gasteiger partial charge in [-0.2, -0.15) is 4.31 Å².